The van der Waals surface area contributed by atoms with Gasteiger partial charge in [0.1, 0.15) is 5.02 Å². The summed E-state index contributed by atoms with van der Waals surface area (Å²) in [6.07, 6.45) is 4.20. The van der Waals surface area contributed by atoms with Crippen LogP contribution in [0.25, 0.3) is 0 Å². The van der Waals surface area contributed by atoms with Crippen LogP contribution in [0.4, 0.5) is 5.82 Å². The van der Waals surface area contributed by atoms with Crippen LogP contribution in [0.1, 0.15) is 32.6 Å². The second-order valence-electron chi connectivity index (χ2n) is 4.48. The predicted octanol–water partition coefficient (Wildman–Crippen LogP) is 2.83. The van der Waals surface area contributed by atoms with E-state index in [1.54, 1.807) is 0 Å². The van der Waals surface area contributed by atoms with Crippen molar-refractivity contribution in [2.75, 3.05) is 19.0 Å². The van der Waals surface area contributed by atoms with E-state index in [-0.39, 0.29) is 12.4 Å². The Balaban J connectivity index is 2.44. The van der Waals surface area contributed by atoms with Crippen LogP contribution in [0.3, 0.4) is 0 Å². The molecule has 20 heavy (non-hydrogen) atoms. The molecule has 1 aromatic rings. The van der Waals surface area contributed by atoms with Crippen molar-refractivity contribution in [3.8, 4) is 6.01 Å². The average Bonchev–Trinajstić information content (AvgIpc) is 2.44. The normalized spacial score (nSPS) is 11.9. The molecule has 2 N–H and O–H groups in total. The third-order valence-corrected chi connectivity index (χ3v) is 3.37. The molecular formula is C13H20ClN3O3. The van der Waals surface area contributed by atoms with Crippen LogP contribution in [0, 0.1) is 5.92 Å². The van der Waals surface area contributed by atoms with Crippen molar-refractivity contribution in [1.82, 2.24) is 9.97 Å². The fourth-order valence-electron chi connectivity index (χ4n) is 1.85. The Morgan fingerprint density at radius 1 is 1.55 bits per heavy atom. The Morgan fingerprint density at radius 3 is 2.90 bits per heavy atom. The fourth-order valence-corrected chi connectivity index (χ4v) is 2.01. The molecule has 112 valence electrons. The van der Waals surface area contributed by atoms with Gasteiger partial charge in [-0.25, -0.2) is 4.98 Å². The second-order valence-corrected chi connectivity index (χ2v) is 4.88. The number of halogens is 1. The lowest BCUT2D eigenvalue weighted by atomic mass is 9.97. The van der Waals surface area contributed by atoms with E-state index < -0.39 is 5.97 Å². The molecule has 0 aliphatic rings. The first kappa shape index (κ1) is 16.5. The quantitative estimate of drug-likeness (QED) is 0.729. The van der Waals surface area contributed by atoms with Crippen LogP contribution in [0.15, 0.2) is 6.20 Å². The molecule has 1 aromatic heterocycles. The third-order valence-electron chi connectivity index (χ3n) is 3.09. The summed E-state index contributed by atoms with van der Waals surface area (Å²) >= 11 is 5.98. The van der Waals surface area contributed by atoms with E-state index >= 15 is 0 Å². The minimum absolute atomic E-state index is 0.209. The van der Waals surface area contributed by atoms with Gasteiger partial charge in [0.15, 0.2) is 5.82 Å². The first-order chi connectivity index (χ1) is 9.56. The van der Waals surface area contributed by atoms with Gasteiger partial charge in [-0.3, -0.25) is 4.79 Å². The highest BCUT2D eigenvalue weighted by atomic mass is 35.5. The zero-order chi connectivity index (χ0) is 15.0. The molecular weight excluding hydrogens is 282 g/mol. The molecule has 1 heterocycles. The van der Waals surface area contributed by atoms with E-state index in [1.165, 1.54) is 13.3 Å². The zero-order valence-electron chi connectivity index (χ0n) is 11.7. The molecule has 0 spiro atoms. The maximum absolute atomic E-state index is 10.6. The van der Waals surface area contributed by atoms with Gasteiger partial charge in [0.05, 0.1) is 13.3 Å². The van der Waals surface area contributed by atoms with Crippen LogP contribution in [0.5, 0.6) is 6.01 Å². The number of carboxylic acids is 1. The molecule has 0 aliphatic carbocycles. The lowest BCUT2D eigenvalue weighted by Crippen LogP contribution is -2.11. The monoisotopic (exact) mass is 301 g/mol. The Kier molecular flexibility index (Phi) is 7.08. The molecule has 0 bridgehead atoms. The molecule has 0 fully saturated rings. The summed E-state index contributed by atoms with van der Waals surface area (Å²) in [5, 5.41) is 12.3. The highest BCUT2D eigenvalue weighted by molar-refractivity contribution is 6.32. The number of hydrogen-bond acceptors (Lipinski definition) is 5. The first-order valence-corrected chi connectivity index (χ1v) is 6.96. The summed E-state index contributed by atoms with van der Waals surface area (Å²) in [5.74, 6) is 0.160. The third kappa shape index (κ3) is 5.61. The number of anilines is 1. The molecule has 0 radical (unpaired) electrons. The topological polar surface area (TPSA) is 84.3 Å². The molecule has 1 atom stereocenters. The van der Waals surface area contributed by atoms with Gasteiger partial charge < -0.3 is 15.2 Å². The fraction of sp³-hybridized carbons (Fsp3) is 0.615. The van der Waals surface area contributed by atoms with Crippen LogP contribution in [-0.4, -0.2) is 34.7 Å². The Hall–Kier alpha value is -1.56. The van der Waals surface area contributed by atoms with Gasteiger partial charge in [0, 0.05) is 13.0 Å². The van der Waals surface area contributed by atoms with Crippen LogP contribution < -0.4 is 10.1 Å². The number of nitrogens with zero attached hydrogens (tertiary/aromatic N) is 2. The SMILES string of the molecule is CCC(CCNc1nc(OC)ncc1Cl)CCC(=O)O. The molecule has 0 saturated heterocycles. The predicted molar refractivity (Wildman–Crippen MR) is 77.4 cm³/mol. The van der Waals surface area contributed by atoms with Gasteiger partial charge in [0.2, 0.25) is 0 Å². The van der Waals surface area contributed by atoms with Gasteiger partial charge in [0.25, 0.3) is 0 Å². The van der Waals surface area contributed by atoms with Crippen molar-refractivity contribution in [1.29, 1.82) is 0 Å². The first-order valence-electron chi connectivity index (χ1n) is 6.59. The van der Waals surface area contributed by atoms with E-state index in [0.717, 1.165) is 12.8 Å². The summed E-state index contributed by atoms with van der Waals surface area (Å²) in [5.41, 5.74) is 0. The largest absolute Gasteiger partial charge is 0.481 e. The van der Waals surface area contributed by atoms with Crippen LogP contribution in [-0.2, 0) is 4.79 Å². The zero-order valence-corrected chi connectivity index (χ0v) is 12.5. The number of aromatic nitrogens is 2. The van der Waals surface area contributed by atoms with Crippen molar-refractivity contribution < 1.29 is 14.6 Å². The number of carbonyl (C=O) groups is 1. The van der Waals surface area contributed by atoms with Crippen LogP contribution >= 0.6 is 11.6 Å². The smallest absolute Gasteiger partial charge is 0.318 e. The van der Waals surface area contributed by atoms with Gasteiger partial charge in [-0.15, -0.1) is 0 Å². The van der Waals surface area contributed by atoms with E-state index in [9.17, 15) is 4.79 Å². The van der Waals surface area contributed by atoms with Crippen molar-refractivity contribution in [3.63, 3.8) is 0 Å². The van der Waals surface area contributed by atoms with Crippen molar-refractivity contribution >= 4 is 23.4 Å². The van der Waals surface area contributed by atoms with Gasteiger partial charge >= 0.3 is 12.0 Å². The highest BCUT2D eigenvalue weighted by Crippen LogP contribution is 2.21. The van der Waals surface area contributed by atoms with Gasteiger partial charge in [-0.1, -0.05) is 24.9 Å². The number of carboxylic acid groups (broad SMARTS) is 1. The highest BCUT2D eigenvalue weighted by Gasteiger charge is 2.10. The lowest BCUT2D eigenvalue weighted by molar-refractivity contribution is -0.137. The summed E-state index contributed by atoms with van der Waals surface area (Å²) < 4.78 is 4.94. The summed E-state index contributed by atoms with van der Waals surface area (Å²) in [7, 11) is 1.49. The number of methoxy groups -OCH3 is 1. The Bertz CT molecular complexity index is 443. The minimum atomic E-state index is -0.750. The molecule has 0 saturated carbocycles. The molecule has 1 rings (SSSR count). The molecule has 0 aromatic carbocycles. The number of hydrogen-bond donors (Lipinski definition) is 2. The van der Waals surface area contributed by atoms with Crippen LogP contribution in [0.2, 0.25) is 5.02 Å². The Labute approximate surface area is 123 Å². The average molecular weight is 302 g/mol. The van der Waals surface area contributed by atoms with E-state index in [2.05, 4.69) is 22.2 Å². The standard InChI is InChI=1S/C13H20ClN3O3/c1-3-9(4-5-11(18)19)6-7-15-12-10(14)8-16-13(17-12)20-2/h8-9H,3-7H2,1-2H3,(H,18,19)(H,15,16,17). The maximum atomic E-state index is 10.6. The van der Waals surface area contributed by atoms with Gasteiger partial charge in [-0.05, 0) is 18.8 Å². The van der Waals surface area contributed by atoms with Crippen molar-refractivity contribution in [2.24, 2.45) is 5.92 Å². The molecule has 0 aliphatic heterocycles. The number of aliphatic carboxylic acids is 1. The lowest BCUT2D eigenvalue weighted by Gasteiger charge is -2.14. The van der Waals surface area contributed by atoms with Gasteiger partial charge in [-0.2, -0.15) is 4.98 Å². The summed E-state index contributed by atoms with van der Waals surface area (Å²) in [4.78, 5) is 18.6. The number of ether oxygens (including phenoxy) is 1. The second kappa shape index (κ2) is 8.58. The maximum Gasteiger partial charge on any atom is 0.318 e. The van der Waals surface area contributed by atoms with E-state index in [0.29, 0.717) is 29.7 Å². The molecule has 6 nitrogen and oxygen atoms in total. The minimum Gasteiger partial charge on any atom is -0.481 e. The van der Waals surface area contributed by atoms with E-state index in [1.807, 2.05) is 0 Å². The molecule has 7 heteroatoms. The Morgan fingerprint density at radius 2 is 2.30 bits per heavy atom. The van der Waals surface area contributed by atoms with E-state index in [4.69, 9.17) is 21.4 Å². The molecule has 0 amide bonds. The number of nitrogens with one attached hydrogen (secondary N) is 1. The summed E-state index contributed by atoms with van der Waals surface area (Å²) in [6, 6.07) is 0.259. The molecule has 1 unspecified atom stereocenters. The van der Waals surface area contributed by atoms with Crippen molar-refractivity contribution in [3.05, 3.63) is 11.2 Å². The number of rotatable bonds is 9. The summed E-state index contributed by atoms with van der Waals surface area (Å²) in [6.45, 7) is 2.74. The van der Waals surface area contributed by atoms with Crippen molar-refractivity contribution in [2.45, 2.75) is 32.6 Å².